The van der Waals surface area contributed by atoms with Crippen molar-refractivity contribution < 1.29 is 21.6 Å². The van der Waals surface area contributed by atoms with Gasteiger partial charge in [-0.05, 0) is 48.5 Å². The first-order valence-corrected chi connectivity index (χ1v) is 15.9. The Kier molecular flexibility index (Phi) is 8.66. The summed E-state index contributed by atoms with van der Waals surface area (Å²) in [5.74, 6) is 0.197. The second-order valence-corrected chi connectivity index (χ2v) is 12.5. The number of methoxy groups -OCH3 is 1. The average Bonchev–Trinajstić information content (AvgIpc) is 3.02. The number of anilines is 2. The fraction of sp³-hybridized carbons (Fsp3) is 0.0345. The van der Waals surface area contributed by atoms with E-state index >= 15 is 0 Å². The van der Waals surface area contributed by atoms with Gasteiger partial charge in [0.05, 0.1) is 39.0 Å². The molecule has 0 aliphatic heterocycles. The number of rotatable bonds is 7. The van der Waals surface area contributed by atoms with Gasteiger partial charge < -0.3 is 4.74 Å². The number of hydrogen-bond acceptors (Lipinski definition) is 9. The Morgan fingerprint density at radius 3 is 1.37 bits per heavy atom. The molecule has 2 aromatic heterocycles. The lowest BCUT2D eigenvalue weighted by Gasteiger charge is -2.11. The minimum absolute atomic E-state index is 0.00760. The molecule has 0 radical (unpaired) electrons. The van der Waals surface area contributed by atoms with Crippen LogP contribution in [-0.2, 0) is 20.0 Å². The number of fused-ring (bicyclic) bond motifs is 2. The van der Waals surface area contributed by atoms with E-state index < -0.39 is 20.0 Å². The number of aromatic nitrogens is 4. The van der Waals surface area contributed by atoms with E-state index in [4.69, 9.17) is 16.3 Å². The maximum Gasteiger partial charge on any atom is 0.263 e. The van der Waals surface area contributed by atoms with Crippen molar-refractivity contribution in [1.82, 2.24) is 19.9 Å². The Hall–Kier alpha value is -4.85. The molecule has 43 heavy (non-hydrogen) atoms. The molecule has 0 spiro atoms. The summed E-state index contributed by atoms with van der Waals surface area (Å²) in [6.45, 7) is 0. The van der Waals surface area contributed by atoms with Crippen LogP contribution in [0.2, 0.25) is 5.15 Å². The van der Waals surface area contributed by atoms with Crippen molar-refractivity contribution in [2.45, 2.75) is 9.79 Å². The maximum atomic E-state index is 12.4. The van der Waals surface area contributed by atoms with Gasteiger partial charge in [0.15, 0.2) is 11.0 Å². The van der Waals surface area contributed by atoms with E-state index in [0.29, 0.717) is 22.1 Å². The molecule has 0 saturated heterocycles. The van der Waals surface area contributed by atoms with Crippen LogP contribution in [0.25, 0.3) is 22.1 Å². The first-order valence-electron chi connectivity index (χ1n) is 12.5. The minimum Gasteiger partial charge on any atom is -0.478 e. The molecule has 0 amide bonds. The van der Waals surface area contributed by atoms with Crippen molar-refractivity contribution in [2.24, 2.45) is 0 Å². The smallest absolute Gasteiger partial charge is 0.263 e. The largest absolute Gasteiger partial charge is 0.478 e. The SMILES string of the molecule is COc1nc2ccccc2nc1NS(=O)(=O)c1ccccc1.O=S(=O)(Nc1nc2ccccc2nc1Cl)c1ccccc1. The van der Waals surface area contributed by atoms with Gasteiger partial charge in [0.25, 0.3) is 25.9 Å². The van der Waals surface area contributed by atoms with Crippen molar-refractivity contribution in [3.05, 3.63) is 114 Å². The predicted molar refractivity (Wildman–Crippen MR) is 165 cm³/mol. The molecule has 218 valence electrons. The Balaban J connectivity index is 0.000000171. The van der Waals surface area contributed by atoms with Crippen LogP contribution < -0.4 is 14.2 Å². The summed E-state index contributed by atoms with van der Waals surface area (Å²) in [7, 11) is -6.07. The summed E-state index contributed by atoms with van der Waals surface area (Å²) < 4.78 is 59.2. The van der Waals surface area contributed by atoms with Crippen LogP contribution in [0.4, 0.5) is 11.6 Å². The summed E-state index contributed by atoms with van der Waals surface area (Å²) >= 11 is 6.00. The topological polar surface area (TPSA) is 153 Å². The van der Waals surface area contributed by atoms with Gasteiger partial charge in [-0.25, -0.2) is 36.8 Å². The number of halogens is 1. The molecule has 4 aromatic carbocycles. The number of sulfonamides is 2. The third-order valence-corrected chi connectivity index (χ3v) is 8.80. The second-order valence-electron chi connectivity index (χ2n) is 8.76. The van der Waals surface area contributed by atoms with E-state index in [-0.39, 0.29) is 32.5 Å². The molecule has 0 fully saturated rings. The van der Waals surface area contributed by atoms with Gasteiger partial charge in [0.1, 0.15) is 0 Å². The molecule has 2 N–H and O–H groups in total. The van der Waals surface area contributed by atoms with Crippen LogP contribution in [-0.4, -0.2) is 43.9 Å². The van der Waals surface area contributed by atoms with Gasteiger partial charge in [-0.1, -0.05) is 72.3 Å². The molecule has 0 saturated carbocycles. The standard InChI is InChI=1S/C15H13N3O3S.C14H10ClN3O2S/c1-21-15-14(16-12-9-5-6-10-13(12)17-15)18-22(19,20)11-7-3-2-4-8-11;15-13-14(17-12-9-5-4-8-11(12)16-13)18-21(19,20)10-6-2-1-3-7-10/h2-10H,1H3,(H,16,18);1-9H,(H,17,18). The normalized spacial score (nSPS) is 11.4. The number of nitrogens with one attached hydrogen (secondary N) is 2. The highest BCUT2D eigenvalue weighted by Crippen LogP contribution is 2.26. The van der Waals surface area contributed by atoms with Gasteiger partial charge in [0.2, 0.25) is 5.82 Å². The van der Waals surface area contributed by atoms with E-state index in [2.05, 4.69) is 29.4 Å². The zero-order valence-corrected chi connectivity index (χ0v) is 24.8. The van der Waals surface area contributed by atoms with Crippen LogP contribution in [0.3, 0.4) is 0 Å². The van der Waals surface area contributed by atoms with E-state index in [1.54, 1.807) is 78.9 Å². The fourth-order valence-corrected chi connectivity index (χ4v) is 6.10. The summed E-state index contributed by atoms with van der Waals surface area (Å²) in [5, 5.41) is 0.00760. The van der Waals surface area contributed by atoms with Crippen LogP contribution in [0.15, 0.2) is 119 Å². The van der Waals surface area contributed by atoms with Crippen molar-refractivity contribution in [1.29, 1.82) is 0 Å². The van der Waals surface area contributed by atoms with Crippen molar-refractivity contribution >= 4 is 65.4 Å². The van der Waals surface area contributed by atoms with Crippen LogP contribution in [0, 0.1) is 0 Å². The number of ether oxygens (including phenoxy) is 1. The molecule has 11 nitrogen and oxygen atoms in total. The minimum atomic E-state index is -3.75. The van der Waals surface area contributed by atoms with Crippen molar-refractivity contribution in [3.63, 3.8) is 0 Å². The van der Waals surface area contributed by atoms with Crippen LogP contribution in [0.5, 0.6) is 5.88 Å². The van der Waals surface area contributed by atoms with Crippen molar-refractivity contribution in [2.75, 3.05) is 16.6 Å². The van der Waals surface area contributed by atoms with E-state index in [1.165, 1.54) is 31.4 Å². The third-order valence-electron chi connectivity index (χ3n) is 5.83. The van der Waals surface area contributed by atoms with Gasteiger partial charge in [-0.15, -0.1) is 0 Å². The number of para-hydroxylation sites is 4. The van der Waals surface area contributed by atoms with Crippen LogP contribution >= 0.6 is 11.6 Å². The van der Waals surface area contributed by atoms with Crippen molar-refractivity contribution in [3.8, 4) is 5.88 Å². The Morgan fingerprint density at radius 1 is 0.535 bits per heavy atom. The second kappa shape index (κ2) is 12.6. The quantitative estimate of drug-likeness (QED) is 0.231. The van der Waals surface area contributed by atoms with E-state index in [1.807, 2.05) is 6.07 Å². The fourth-order valence-electron chi connectivity index (χ4n) is 3.81. The Labute approximate surface area is 252 Å². The van der Waals surface area contributed by atoms with Gasteiger partial charge in [0, 0.05) is 0 Å². The Morgan fingerprint density at radius 2 is 0.907 bits per heavy atom. The first kappa shape index (κ1) is 29.6. The highest BCUT2D eigenvalue weighted by Gasteiger charge is 2.19. The zero-order chi connectivity index (χ0) is 30.5. The van der Waals surface area contributed by atoms with Gasteiger partial charge in [-0.3, -0.25) is 9.44 Å². The van der Waals surface area contributed by atoms with E-state index in [0.717, 1.165) is 0 Å². The molecule has 6 aromatic rings. The van der Waals surface area contributed by atoms with Crippen LogP contribution in [0.1, 0.15) is 0 Å². The molecule has 0 aliphatic carbocycles. The monoisotopic (exact) mass is 634 g/mol. The predicted octanol–water partition coefficient (Wildman–Crippen LogP) is 5.52. The molecule has 0 atom stereocenters. The number of benzene rings is 4. The Bertz CT molecular complexity index is 2120. The molecule has 0 unspecified atom stereocenters. The average molecular weight is 635 g/mol. The highest BCUT2D eigenvalue weighted by molar-refractivity contribution is 7.93. The summed E-state index contributed by atoms with van der Waals surface area (Å²) in [6, 6.07) is 30.3. The molecule has 0 bridgehead atoms. The van der Waals surface area contributed by atoms with Gasteiger partial charge in [-0.2, -0.15) is 0 Å². The molecule has 0 aliphatic rings. The lowest BCUT2D eigenvalue weighted by Crippen LogP contribution is -2.15. The molecule has 14 heteroatoms. The zero-order valence-electron chi connectivity index (χ0n) is 22.4. The highest BCUT2D eigenvalue weighted by atomic mass is 35.5. The van der Waals surface area contributed by atoms with Gasteiger partial charge >= 0.3 is 0 Å². The van der Waals surface area contributed by atoms with E-state index in [9.17, 15) is 16.8 Å². The number of hydrogen-bond donors (Lipinski definition) is 2. The summed E-state index contributed by atoms with van der Waals surface area (Å²) in [4.78, 5) is 17.1. The maximum absolute atomic E-state index is 12.4. The lowest BCUT2D eigenvalue weighted by molar-refractivity contribution is 0.400. The molecular formula is C29H23ClN6O5S2. The summed E-state index contributed by atoms with van der Waals surface area (Å²) in [5.41, 5.74) is 2.37. The summed E-state index contributed by atoms with van der Waals surface area (Å²) in [6.07, 6.45) is 0. The molecular weight excluding hydrogens is 612 g/mol. The lowest BCUT2D eigenvalue weighted by atomic mass is 10.3. The molecule has 2 heterocycles. The first-order chi connectivity index (χ1) is 20.7. The number of nitrogens with zero attached hydrogens (tertiary/aromatic N) is 4. The third kappa shape index (κ3) is 6.97. The molecule has 6 rings (SSSR count).